The van der Waals surface area contributed by atoms with Gasteiger partial charge in [-0.25, -0.2) is 8.42 Å². The number of rotatable bonds is 9. The van der Waals surface area contributed by atoms with Gasteiger partial charge in [-0.05, 0) is 61.9 Å². The highest BCUT2D eigenvalue weighted by Crippen LogP contribution is 2.21. The molecule has 130 valence electrons. The van der Waals surface area contributed by atoms with Crippen molar-refractivity contribution in [3.63, 3.8) is 0 Å². The molecule has 24 heavy (non-hydrogen) atoms. The number of sulfonamides is 1. The third kappa shape index (κ3) is 5.16. The highest BCUT2D eigenvalue weighted by atomic mass is 32.2. The molecule has 0 heterocycles. The van der Waals surface area contributed by atoms with Gasteiger partial charge in [0.2, 0.25) is 0 Å². The fourth-order valence-electron chi connectivity index (χ4n) is 2.05. The van der Waals surface area contributed by atoms with Crippen molar-refractivity contribution < 1.29 is 17.9 Å². The first-order valence-corrected chi connectivity index (χ1v) is 9.52. The lowest BCUT2D eigenvalue weighted by atomic mass is 10.3. The van der Waals surface area contributed by atoms with E-state index in [9.17, 15) is 8.42 Å². The molecule has 0 fully saturated rings. The predicted octanol–water partition coefficient (Wildman–Crippen LogP) is 4.07. The van der Waals surface area contributed by atoms with Crippen LogP contribution in [0.1, 0.15) is 26.7 Å². The van der Waals surface area contributed by atoms with Gasteiger partial charge in [-0.1, -0.05) is 13.3 Å². The first-order chi connectivity index (χ1) is 11.5. The Morgan fingerprint density at radius 3 is 2.04 bits per heavy atom. The lowest BCUT2D eigenvalue weighted by molar-refractivity contribution is 0.309. The van der Waals surface area contributed by atoms with E-state index in [1.165, 1.54) is 12.1 Å². The van der Waals surface area contributed by atoms with Gasteiger partial charge in [-0.2, -0.15) is 0 Å². The highest BCUT2D eigenvalue weighted by Gasteiger charge is 2.14. The molecule has 0 aromatic heterocycles. The lowest BCUT2D eigenvalue weighted by Gasteiger charge is -2.10. The van der Waals surface area contributed by atoms with E-state index in [0.29, 0.717) is 30.4 Å². The zero-order valence-corrected chi connectivity index (χ0v) is 14.8. The van der Waals surface area contributed by atoms with Crippen molar-refractivity contribution >= 4 is 15.7 Å². The monoisotopic (exact) mass is 349 g/mol. The van der Waals surface area contributed by atoms with Crippen molar-refractivity contribution in [3.8, 4) is 11.5 Å². The first-order valence-electron chi connectivity index (χ1n) is 8.03. The molecule has 0 aliphatic rings. The number of unbranched alkanes of at least 4 members (excludes halogenated alkanes) is 1. The van der Waals surface area contributed by atoms with Gasteiger partial charge in [-0.15, -0.1) is 0 Å². The van der Waals surface area contributed by atoms with E-state index < -0.39 is 10.0 Å². The molecular weight excluding hydrogens is 326 g/mol. The van der Waals surface area contributed by atoms with Crippen molar-refractivity contribution in [1.82, 2.24) is 0 Å². The predicted molar refractivity (Wildman–Crippen MR) is 95.3 cm³/mol. The molecule has 0 amide bonds. The standard InChI is InChI=1S/C18H23NO4S/c1-3-5-14-23-17-10-12-18(13-11-17)24(20,21)19-15-6-8-16(9-7-15)22-4-2/h6-13,19H,3-5,14H2,1-2H3. The van der Waals surface area contributed by atoms with Crippen LogP contribution in [0.25, 0.3) is 0 Å². The van der Waals surface area contributed by atoms with E-state index >= 15 is 0 Å². The number of hydrogen-bond donors (Lipinski definition) is 1. The van der Waals surface area contributed by atoms with Crippen molar-refractivity contribution in [2.45, 2.75) is 31.6 Å². The largest absolute Gasteiger partial charge is 0.494 e. The Morgan fingerprint density at radius 1 is 0.875 bits per heavy atom. The molecular formula is C18H23NO4S. The summed E-state index contributed by atoms with van der Waals surface area (Å²) in [5.41, 5.74) is 0.488. The average Bonchev–Trinajstić information content (AvgIpc) is 2.57. The zero-order valence-electron chi connectivity index (χ0n) is 14.0. The average molecular weight is 349 g/mol. The normalized spacial score (nSPS) is 11.1. The van der Waals surface area contributed by atoms with E-state index in [0.717, 1.165) is 12.8 Å². The minimum absolute atomic E-state index is 0.194. The third-order valence-corrected chi connectivity index (χ3v) is 4.72. The third-order valence-electron chi connectivity index (χ3n) is 3.32. The topological polar surface area (TPSA) is 64.6 Å². The van der Waals surface area contributed by atoms with Gasteiger partial charge in [0.05, 0.1) is 18.1 Å². The van der Waals surface area contributed by atoms with Crippen LogP contribution in [0.5, 0.6) is 11.5 Å². The van der Waals surface area contributed by atoms with Crippen molar-refractivity contribution in [2.24, 2.45) is 0 Å². The molecule has 0 saturated carbocycles. The molecule has 0 radical (unpaired) electrons. The second-order valence-corrected chi connectivity index (χ2v) is 6.92. The van der Waals surface area contributed by atoms with Crippen molar-refractivity contribution in [2.75, 3.05) is 17.9 Å². The SMILES string of the molecule is CCCCOc1ccc(S(=O)(=O)Nc2ccc(OCC)cc2)cc1. The Bertz CT molecular complexity index is 725. The molecule has 2 aromatic carbocycles. The second-order valence-electron chi connectivity index (χ2n) is 5.24. The van der Waals surface area contributed by atoms with Gasteiger partial charge < -0.3 is 9.47 Å². The molecule has 0 aliphatic carbocycles. The second kappa shape index (κ2) is 8.59. The quantitative estimate of drug-likeness (QED) is 0.693. The van der Waals surface area contributed by atoms with Crippen LogP contribution < -0.4 is 14.2 Å². The minimum Gasteiger partial charge on any atom is -0.494 e. The highest BCUT2D eigenvalue weighted by molar-refractivity contribution is 7.92. The van der Waals surface area contributed by atoms with Gasteiger partial charge in [0, 0.05) is 5.69 Å². The molecule has 0 atom stereocenters. The van der Waals surface area contributed by atoms with Gasteiger partial charge in [0.25, 0.3) is 10.0 Å². The van der Waals surface area contributed by atoms with Gasteiger partial charge in [0.15, 0.2) is 0 Å². The first kappa shape index (κ1) is 18.1. The van der Waals surface area contributed by atoms with E-state index in [2.05, 4.69) is 11.6 Å². The van der Waals surface area contributed by atoms with E-state index in [4.69, 9.17) is 9.47 Å². The molecule has 2 rings (SSSR count). The van der Waals surface area contributed by atoms with Gasteiger partial charge in [0.1, 0.15) is 11.5 Å². The van der Waals surface area contributed by atoms with E-state index in [1.54, 1.807) is 36.4 Å². The van der Waals surface area contributed by atoms with Crippen LogP contribution in [0.15, 0.2) is 53.4 Å². The zero-order chi connectivity index (χ0) is 17.4. The molecule has 5 nitrogen and oxygen atoms in total. The Labute approximate surface area is 143 Å². The van der Waals surface area contributed by atoms with Crippen LogP contribution in [0.2, 0.25) is 0 Å². The molecule has 0 bridgehead atoms. The fraction of sp³-hybridized carbons (Fsp3) is 0.333. The molecule has 2 aromatic rings. The number of hydrogen-bond acceptors (Lipinski definition) is 4. The van der Waals surface area contributed by atoms with E-state index in [-0.39, 0.29) is 4.90 Å². The molecule has 0 aliphatic heterocycles. The van der Waals surface area contributed by atoms with Crippen LogP contribution in [0.3, 0.4) is 0 Å². The molecule has 1 N–H and O–H groups in total. The van der Waals surface area contributed by atoms with Crippen LogP contribution >= 0.6 is 0 Å². The number of nitrogens with one attached hydrogen (secondary N) is 1. The molecule has 0 saturated heterocycles. The van der Waals surface area contributed by atoms with Crippen molar-refractivity contribution in [1.29, 1.82) is 0 Å². The summed E-state index contributed by atoms with van der Waals surface area (Å²) in [6, 6.07) is 13.2. The Kier molecular flexibility index (Phi) is 6.49. The van der Waals surface area contributed by atoms with Crippen LogP contribution in [0, 0.1) is 0 Å². The maximum absolute atomic E-state index is 12.4. The lowest BCUT2D eigenvalue weighted by Crippen LogP contribution is -2.12. The number of ether oxygens (including phenoxy) is 2. The maximum Gasteiger partial charge on any atom is 0.261 e. The van der Waals surface area contributed by atoms with Crippen LogP contribution in [-0.4, -0.2) is 21.6 Å². The summed E-state index contributed by atoms with van der Waals surface area (Å²) >= 11 is 0. The summed E-state index contributed by atoms with van der Waals surface area (Å²) in [5, 5.41) is 0. The van der Waals surface area contributed by atoms with Gasteiger partial charge in [-0.3, -0.25) is 4.72 Å². The Balaban J connectivity index is 2.03. The van der Waals surface area contributed by atoms with Crippen LogP contribution in [-0.2, 0) is 10.0 Å². The van der Waals surface area contributed by atoms with Gasteiger partial charge >= 0.3 is 0 Å². The molecule has 0 spiro atoms. The summed E-state index contributed by atoms with van der Waals surface area (Å²) in [4.78, 5) is 0.194. The molecule has 0 unspecified atom stereocenters. The Hall–Kier alpha value is -2.21. The summed E-state index contributed by atoms with van der Waals surface area (Å²) in [5.74, 6) is 1.37. The summed E-state index contributed by atoms with van der Waals surface area (Å²) in [6.07, 6.45) is 2.03. The summed E-state index contributed by atoms with van der Waals surface area (Å²) < 4.78 is 38.2. The number of benzene rings is 2. The smallest absolute Gasteiger partial charge is 0.261 e. The molecule has 6 heteroatoms. The summed E-state index contributed by atoms with van der Waals surface area (Å²) in [6.45, 7) is 5.18. The fourth-order valence-corrected chi connectivity index (χ4v) is 3.11. The maximum atomic E-state index is 12.4. The number of anilines is 1. The van der Waals surface area contributed by atoms with Crippen LogP contribution in [0.4, 0.5) is 5.69 Å². The Morgan fingerprint density at radius 2 is 1.46 bits per heavy atom. The summed E-state index contributed by atoms with van der Waals surface area (Å²) in [7, 11) is -3.63. The van der Waals surface area contributed by atoms with Crippen molar-refractivity contribution in [3.05, 3.63) is 48.5 Å². The minimum atomic E-state index is -3.63. The van der Waals surface area contributed by atoms with E-state index in [1.807, 2.05) is 6.92 Å².